The first-order chi connectivity index (χ1) is 13.1. The molecule has 0 bridgehead atoms. The number of hydrogen-bond acceptors (Lipinski definition) is 3. The van der Waals surface area contributed by atoms with Crippen molar-refractivity contribution in [2.75, 3.05) is 19.6 Å². The molecular formula is C22H25N3O2. The Morgan fingerprint density at radius 3 is 2.67 bits per heavy atom. The molecule has 1 saturated heterocycles. The largest absolute Gasteiger partial charge is 0.352 e. The highest BCUT2D eigenvalue weighted by molar-refractivity contribution is 5.94. The highest BCUT2D eigenvalue weighted by Gasteiger charge is 2.23. The van der Waals surface area contributed by atoms with Crippen molar-refractivity contribution in [3.8, 4) is 0 Å². The maximum atomic E-state index is 12.4. The Balaban J connectivity index is 1.42. The van der Waals surface area contributed by atoms with Crippen molar-refractivity contribution in [1.29, 1.82) is 0 Å². The summed E-state index contributed by atoms with van der Waals surface area (Å²) in [5.41, 5.74) is 2.83. The van der Waals surface area contributed by atoms with Crippen LogP contribution in [-0.4, -0.2) is 41.3 Å². The van der Waals surface area contributed by atoms with Gasteiger partial charge in [0.2, 0.25) is 5.91 Å². The summed E-state index contributed by atoms with van der Waals surface area (Å²) in [5, 5.41) is 2.98. The number of rotatable bonds is 5. The number of nitrogens with zero attached hydrogens (tertiary/aromatic N) is 2. The molecule has 1 aliphatic rings. The van der Waals surface area contributed by atoms with Crippen molar-refractivity contribution in [3.05, 3.63) is 71.6 Å². The lowest BCUT2D eigenvalue weighted by molar-refractivity contribution is -0.116. The molecular weight excluding hydrogens is 338 g/mol. The average Bonchev–Trinajstić information content (AvgIpc) is 2.72. The predicted molar refractivity (Wildman–Crippen MR) is 106 cm³/mol. The fourth-order valence-electron chi connectivity index (χ4n) is 3.26. The van der Waals surface area contributed by atoms with Crippen LogP contribution in [-0.2, 0) is 4.79 Å². The van der Waals surface area contributed by atoms with Gasteiger partial charge in [-0.3, -0.25) is 14.6 Å². The van der Waals surface area contributed by atoms with E-state index in [1.807, 2.05) is 42.2 Å². The number of piperidine rings is 1. The van der Waals surface area contributed by atoms with E-state index in [0.29, 0.717) is 31.1 Å². The van der Waals surface area contributed by atoms with Gasteiger partial charge in [0.15, 0.2) is 0 Å². The molecule has 0 spiro atoms. The van der Waals surface area contributed by atoms with Gasteiger partial charge in [0.05, 0.1) is 5.56 Å². The van der Waals surface area contributed by atoms with E-state index in [1.165, 1.54) is 0 Å². The molecule has 5 nitrogen and oxygen atoms in total. The number of aromatic nitrogens is 1. The lowest BCUT2D eigenvalue weighted by Crippen LogP contribution is -2.41. The third kappa shape index (κ3) is 5.26. The highest BCUT2D eigenvalue weighted by atomic mass is 16.2. The van der Waals surface area contributed by atoms with Gasteiger partial charge in [-0.1, -0.05) is 24.3 Å². The minimum atomic E-state index is -0.0767. The standard InChI is InChI=1S/C22H25N3O2/c1-17-5-2-3-6-19(17)8-9-21(26)24-15-18-10-13-25(14-11-18)22(27)20-7-4-12-23-16-20/h2-9,12,16,18H,10-11,13-15H2,1H3,(H,24,26)/b9-8+. The average molecular weight is 363 g/mol. The monoisotopic (exact) mass is 363 g/mol. The molecule has 3 rings (SSSR count). The van der Waals surface area contributed by atoms with Crippen molar-refractivity contribution in [2.45, 2.75) is 19.8 Å². The fraction of sp³-hybridized carbons (Fsp3) is 0.318. The number of amides is 2. The lowest BCUT2D eigenvalue weighted by Gasteiger charge is -2.32. The SMILES string of the molecule is Cc1ccccc1/C=C/C(=O)NCC1CCN(C(=O)c2cccnc2)CC1. The van der Waals surface area contributed by atoms with Crippen LogP contribution in [0.3, 0.4) is 0 Å². The fourth-order valence-corrected chi connectivity index (χ4v) is 3.26. The Morgan fingerprint density at radius 1 is 1.19 bits per heavy atom. The second-order valence-corrected chi connectivity index (χ2v) is 6.91. The van der Waals surface area contributed by atoms with Crippen LogP contribution < -0.4 is 5.32 Å². The lowest BCUT2D eigenvalue weighted by atomic mass is 9.96. The van der Waals surface area contributed by atoms with Crippen molar-refractivity contribution in [3.63, 3.8) is 0 Å². The topological polar surface area (TPSA) is 62.3 Å². The minimum absolute atomic E-state index is 0.0340. The highest BCUT2D eigenvalue weighted by Crippen LogP contribution is 2.18. The Hall–Kier alpha value is -2.95. The van der Waals surface area contributed by atoms with Gasteiger partial charge in [0.1, 0.15) is 0 Å². The number of likely N-dealkylation sites (tertiary alicyclic amines) is 1. The Morgan fingerprint density at radius 2 is 1.96 bits per heavy atom. The summed E-state index contributed by atoms with van der Waals surface area (Å²) in [4.78, 5) is 30.4. The van der Waals surface area contributed by atoms with Crippen molar-refractivity contribution < 1.29 is 9.59 Å². The van der Waals surface area contributed by atoms with E-state index in [4.69, 9.17) is 0 Å². The predicted octanol–water partition coefficient (Wildman–Crippen LogP) is 3.07. The number of nitrogens with one attached hydrogen (secondary N) is 1. The number of carbonyl (C=O) groups excluding carboxylic acids is 2. The van der Waals surface area contributed by atoms with Crippen LogP contribution >= 0.6 is 0 Å². The molecule has 1 N–H and O–H groups in total. The van der Waals surface area contributed by atoms with Gasteiger partial charge >= 0.3 is 0 Å². The van der Waals surface area contributed by atoms with E-state index < -0.39 is 0 Å². The zero-order valence-corrected chi connectivity index (χ0v) is 15.6. The molecule has 27 heavy (non-hydrogen) atoms. The number of carbonyl (C=O) groups is 2. The van der Waals surface area contributed by atoms with Gasteiger partial charge in [-0.2, -0.15) is 0 Å². The first-order valence-corrected chi connectivity index (χ1v) is 9.34. The van der Waals surface area contributed by atoms with Crippen LogP contribution in [0, 0.1) is 12.8 Å². The third-order valence-electron chi connectivity index (χ3n) is 4.98. The zero-order valence-electron chi connectivity index (χ0n) is 15.6. The van der Waals surface area contributed by atoms with Crippen LogP contribution in [0.1, 0.15) is 34.3 Å². The quantitative estimate of drug-likeness (QED) is 0.831. The van der Waals surface area contributed by atoms with Crippen LogP contribution in [0.5, 0.6) is 0 Å². The van der Waals surface area contributed by atoms with E-state index in [-0.39, 0.29) is 11.8 Å². The first-order valence-electron chi connectivity index (χ1n) is 9.34. The van der Waals surface area contributed by atoms with Gasteiger partial charge in [-0.25, -0.2) is 0 Å². The molecule has 0 radical (unpaired) electrons. The Labute approximate surface area is 160 Å². The van der Waals surface area contributed by atoms with E-state index in [0.717, 1.165) is 24.0 Å². The molecule has 140 valence electrons. The van der Waals surface area contributed by atoms with Crippen LogP contribution in [0.4, 0.5) is 0 Å². The molecule has 5 heteroatoms. The second-order valence-electron chi connectivity index (χ2n) is 6.91. The Kier molecular flexibility index (Phi) is 6.36. The van der Waals surface area contributed by atoms with Crippen LogP contribution in [0.15, 0.2) is 54.9 Å². The molecule has 1 aromatic carbocycles. The van der Waals surface area contributed by atoms with Gasteiger partial charge < -0.3 is 10.2 Å². The second kappa shape index (κ2) is 9.12. The summed E-state index contributed by atoms with van der Waals surface area (Å²) in [6, 6.07) is 11.5. The van der Waals surface area contributed by atoms with Gasteiger partial charge in [-0.05, 0) is 55.0 Å². The number of aryl methyl sites for hydroxylation is 1. The van der Waals surface area contributed by atoms with Crippen LogP contribution in [0.2, 0.25) is 0 Å². The minimum Gasteiger partial charge on any atom is -0.352 e. The van der Waals surface area contributed by atoms with Gasteiger partial charge in [0, 0.05) is 38.1 Å². The molecule has 2 heterocycles. The van der Waals surface area contributed by atoms with E-state index in [2.05, 4.69) is 10.3 Å². The van der Waals surface area contributed by atoms with Crippen molar-refractivity contribution in [1.82, 2.24) is 15.2 Å². The summed E-state index contributed by atoms with van der Waals surface area (Å²) in [6.07, 6.45) is 8.50. The molecule has 0 saturated carbocycles. The molecule has 1 fully saturated rings. The molecule has 0 aliphatic carbocycles. The smallest absolute Gasteiger partial charge is 0.255 e. The maximum absolute atomic E-state index is 12.4. The van der Waals surface area contributed by atoms with Gasteiger partial charge in [0.25, 0.3) is 5.91 Å². The molecule has 1 aliphatic heterocycles. The van der Waals surface area contributed by atoms with Crippen molar-refractivity contribution in [2.24, 2.45) is 5.92 Å². The van der Waals surface area contributed by atoms with E-state index in [1.54, 1.807) is 30.6 Å². The first kappa shape index (κ1) is 18.8. The summed E-state index contributed by atoms with van der Waals surface area (Å²) in [6.45, 7) is 4.10. The normalized spacial score (nSPS) is 15.1. The summed E-state index contributed by atoms with van der Waals surface area (Å²) >= 11 is 0. The summed E-state index contributed by atoms with van der Waals surface area (Å²) in [7, 11) is 0. The summed E-state index contributed by atoms with van der Waals surface area (Å²) < 4.78 is 0. The number of benzene rings is 1. The molecule has 2 aromatic rings. The maximum Gasteiger partial charge on any atom is 0.255 e. The molecule has 0 atom stereocenters. The molecule has 1 aromatic heterocycles. The van der Waals surface area contributed by atoms with Crippen LogP contribution in [0.25, 0.3) is 6.08 Å². The molecule has 2 amide bonds. The molecule has 0 unspecified atom stereocenters. The summed E-state index contributed by atoms with van der Waals surface area (Å²) in [5.74, 6) is 0.359. The van der Waals surface area contributed by atoms with Gasteiger partial charge in [-0.15, -0.1) is 0 Å². The van der Waals surface area contributed by atoms with E-state index >= 15 is 0 Å². The zero-order chi connectivity index (χ0) is 19.1. The number of pyridine rings is 1. The third-order valence-corrected chi connectivity index (χ3v) is 4.98. The number of hydrogen-bond donors (Lipinski definition) is 1. The van der Waals surface area contributed by atoms with E-state index in [9.17, 15) is 9.59 Å². The van der Waals surface area contributed by atoms with Crippen molar-refractivity contribution >= 4 is 17.9 Å². The Bertz CT molecular complexity index is 809.